The van der Waals surface area contributed by atoms with Crippen LogP contribution < -0.4 is 0 Å². The summed E-state index contributed by atoms with van der Waals surface area (Å²) in [6.07, 6.45) is 3.37. The molecule has 0 radical (unpaired) electrons. The lowest BCUT2D eigenvalue weighted by Crippen LogP contribution is -2.49. The maximum atomic E-state index is 13.5. The Labute approximate surface area is 85.7 Å². The van der Waals surface area contributed by atoms with Crippen LogP contribution in [0.4, 0.5) is 4.39 Å². The van der Waals surface area contributed by atoms with E-state index in [1.807, 2.05) is 0 Å². The Morgan fingerprint density at radius 1 is 1.27 bits per heavy atom. The Kier molecular flexibility index (Phi) is 2.43. The van der Waals surface area contributed by atoms with E-state index < -0.39 is 28.6 Å². The molecule has 5 heteroatoms. The molecule has 1 aliphatic rings. The number of hydrogen-bond donors (Lipinski definition) is 2. The van der Waals surface area contributed by atoms with Gasteiger partial charge in [-0.2, -0.15) is 0 Å². The van der Waals surface area contributed by atoms with Crippen LogP contribution in [0.15, 0.2) is 24.1 Å². The van der Waals surface area contributed by atoms with E-state index in [9.17, 15) is 14.0 Å². The van der Waals surface area contributed by atoms with E-state index in [1.54, 1.807) is 0 Å². The van der Waals surface area contributed by atoms with E-state index in [1.165, 1.54) is 19.1 Å². The molecule has 0 fully saturated rings. The molecule has 2 atom stereocenters. The lowest BCUT2D eigenvalue weighted by molar-refractivity contribution is -0.165. The zero-order chi connectivity index (χ0) is 11.9. The van der Waals surface area contributed by atoms with E-state index >= 15 is 0 Å². The molecule has 2 N–H and O–H groups in total. The zero-order valence-electron chi connectivity index (χ0n) is 8.32. The number of hydrogen-bond acceptors (Lipinski definition) is 2. The van der Waals surface area contributed by atoms with Crippen molar-refractivity contribution in [3.05, 3.63) is 24.1 Å². The molecule has 15 heavy (non-hydrogen) atoms. The van der Waals surface area contributed by atoms with Crippen molar-refractivity contribution in [2.75, 3.05) is 0 Å². The molecule has 0 aromatic carbocycles. The van der Waals surface area contributed by atoms with Gasteiger partial charge in [0.2, 0.25) is 0 Å². The third kappa shape index (κ3) is 1.26. The third-order valence-electron chi connectivity index (χ3n) is 3.06. The van der Waals surface area contributed by atoms with Crippen molar-refractivity contribution in [2.24, 2.45) is 10.8 Å². The fourth-order valence-corrected chi connectivity index (χ4v) is 1.52. The highest BCUT2D eigenvalue weighted by molar-refractivity contribution is 5.90. The van der Waals surface area contributed by atoms with Crippen LogP contribution in [-0.4, -0.2) is 22.2 Å². The van der Waals surface area contributed by atoms with Gasteiger partial charge >= 0.3 is 11.9 Å². The van der Waals surface area contributed by atoms with Crippen molar-refractivity contribution in [3.8, 4) is 0 Å². The van der Waals surface area contributed by atoms with Gasteiger partial charge in [-0.05, 0) is 19.9 Å². The standard InChI is InChI=1S/C10H11FO4/c1-9(7(12)13)5-3-4-6(11)10(9,2)8(14)15/h3-5H,1-2H3,(H,12,13)(H,14,15). The molecule has 4 nitrogen and oxygen atoms in total. The Bertz CT molecular complexity index is 385. The lowest BCUT2D eigenvalue weighted by Gasteiger charge is -2.38. The van der Waals surface area contributed by atoms with Crippen LogP contribution in [0.5, 0.6) is 0 Å². The average molecular weight is 214 g/mol. The van der Waals surface area contributed by atoms with E-state index in [4.69, 9.17) is 10.2 Å². The molecule has 1 rings (SSSR count). The van der Waals surface area contributed by atoms with E-state index in [0.29, 0.717) is 0 Å². The number of aliphatic carboxylic acids is 2. The van der Waals surface area contributed by atoms with E-state index in [2.05, 4.69) is 0 Å². The van der Waals surface area contributed by atoms with Gasteiger partial charge in [0, 0.05) is 0 Å². The van der Waals surface area contributed by atoms with Gasteiger partial charge < -0.3 is 10.2 Å². The summed E-state index contributed by atoms with van der Waals surface area (Å²) >= 11 is 0. The van der Waals surface area contributed by atoms with Gasteiger partial charge in [-0.25, -0.2) is 4.39 Å². The Balaban J connectivity index is 3.43. The molecular weight excluding hydrogens is 203 g/mol. The highest BCUT2D eigenvalue weighted by Crippen LogP contribution is 2.49. The Hall–Kier alpha value is -1.65. The van der Waals surface area contributed by atoms with Crippen molar-refractivity contribution in [3.63, 3.8) is 0 Å². The van der Waals surface area contributed by atoms with Gasteiger partial charge in [-0.1, -0.05) is 12.2 Å². The number of rotatable bonds is 2. The van der Waals surface area contributed by atoms with Crippen LogP contribution in [0.1, 0.15) is 13.8 Å². The largest absolute Gasteiger partial charge is 0.481 e. The smallest absolute Gasteiger partial charge is 0.317 e. The van der Waals surface area contributed by atoms with Gasteiger partial charge in [0.25, 0.3) is 0 Å². The van der Waals surface area contributed by atoms with Crippen molar-refractivity contribution >= 4 is 11.9 Å². The van der Waals surface area contributed by atoms with Crippen LogP contribution >= 0.6 is 0 Å². The summed E-state index contributed by atoms with van der Waals surface area (Å²) in [6.45, 7) is 2.26. The van der Waals surface area contributed by atoms with Crippen molar-refractivity contribution in [1.82, 2.24) is 0 Å². The summed E-state index contributed by atoms with van der Waals surface area (Å²) in [5.74, 6) is -3.82. The zero-order valence-corrected chi connectivity index (χ0v) is 8.32. The number of carboxylic acids is 2. The van der Waals surface area contributed by atoms with Gasteiger partial charge in [-0.3, -0.25) is 9.59 Å². The quantitative estimate of drug-likeness (QED) is 0.732. The summed E-state index contributed by atoms with van der Waals surface area (Å²) in [4.78, 5) is 22.1. The number of carboxylic acid groups (broad SMARTS) is 2. The molecule has 0 saturated carbocycles. The van der Waals surface area contributed by atoms with Crippen molar-refractivity contribution < 1.29 is 24.2 Å². The van der Waals surface area contributed by atoms with Crippen molar-refractivity contribution in [2.45, 2.75) is 13.8 Å². The van der Waals surface area contributed by atoms with Crippen LogP contribution in [0.2, 0.25) is 0 Å². The normalized spacial score (nSPS) is 34.7. The minimum Gasteiger partial charge on any atom is -0.481 e. The minimum atomic E-state index is -2.06. The summed E-state index contributed by atoms with van der Waals surface area (Å²) in [5.41, 5.74) is -3.84. The molecule has 0 aromatic rings. The Morgan fingerprint density at radius 2 is 1.80 bits per heavy atom. The molecule has 2 unspecified atom stereocenters. The van der Waals surface area contributed by atoms with Crippen molar-refractivity contribution in [1.29, 1.82) is 0 Å². The number of allylic oxidation sites excluding steroid dienone is 2. The Morgan fingerprint density at radius 3 is 2.13 bits per heavy atom. The molecule has 0 saturated heterocycles. The van der Waals surface area contributed by atoms with Gasteiger partial charge in [0.15, 0.2) is 0 Å². The monoisotopic (exact) mass is 214 g/mol. The molecule has 0 amide bonds. The van der Waals surface area contributed by atoms with E-state index in [-0.39, 0.29) is 0 Å². The number of halogens is 1. The first-order valence-electron chi connectivity index (χ1n) is 4.29. The third-order valence-corrected chi connectivity index (χ3v) is 3.06. The molecule has 0 aromatic heterocycles. The first-order valence-corrected chi connectivity index (χ1v) is 4.29. The van der Waals surface area contributed by atoms with Gasteiger partial charge in [0.1, 0.15) is 16.7 Å². The SMILES string of the molecule is CC1(C(=O)O)C=CC=C(F)C1(C)C(=O)O. The fraction of sp³-hybridized carbons (Fsp3) is 0.400. The van der Waals surface area contributed by atoms with Crippen LogP contribution in [0, 0.1) is 10.8 Å². The molecule has 0 aliphatic heterocycles. The molecular formula is C10H11FO4. The summed E-state index contributed by atoms with van der Waals surface area (Å²) in [6, 6.07) is 0. The summed E-state index contributed by atoms with van der Waals surface area (Å²) < 4.78 is 13.5. The second-order valence-corrected chi connectivity index (χ2v) is 3.81. The van der Waals surface area contributed by atoms with Crippen LogP contribution in [0.3, 0.4) is 0 Å². The van der Waals surface area contributed by atoms with Crippen LogP contribution in [-0.2, 0) is 9.59 Å². The second-order valence-electron chi connectivity index (χ2n) is 3.81. The maximum absolute atomic E-state index is 13.5. The highest BCUT2D eigenvalue weighted by Gasteiger charge is 2.58. The summed E-state index contributed by atoms with van der Waals surface area (Å²) in [7, 11) is 0. The molecule has 82 valence electrons. The van der Waals surface area contributed by atoms with Gasteiger partial charge in [-0.15, -0.1) is 0 Å². The second kappa shape index (κ2) is 3.18. The van der Waals surface area contributed by atoms with Crippen LogP contribution in [0.25, 0.3) is 0 Å². The summed E-state index contributed by atoms with van der Waals surface area (Å²) in [5, 5.41) is 18.0. The highest BCUT2D eigenvalue weighted by atomic mass is 19.1. The predicted molar refractivity (Wildman–Crippen MR) is 49.8 cm³/mol. The number of carbonyl (C=O) groups is 2. The predicted octanol–water partition coefficient (Wildman–Crippen LogP) is 1.59. The average Bonchev–Trinajstić information content (AvgIpc) is 2.13. The topological polar surface area (TPSA) is 74.6 Å². The molecule has 0 heterocycles. The molecule has 1 aliphatic carbocycles. The lowest BCUT2D eigenvalue weighted by atomic mass is 9.62. The first kappa shape index (κ1) is 11.4. The minimum absolute atomic E-state index is 0.956. The first-order chi connectivity index (χ1) is 6.76. The van der Waals surface area contributed by atoms with E-state index in [0.717, 1.165) is 13.0 Å². The fourth-order valence-electron chi connectivity index (χ4n) is 1.52. The maximum Gasteiger partial charge on any atom is 0.317 e. The van der Waals surface area contributed by atoms with Gasteiger partial charge in [0.05, 0.1) is 0 Å². The molecule has 0 spiro atoms. The molecule has 0 bridgehead atoms.